The van der Waals surface area contributed by atoms with Crippen molar-refractivity contribution in [2.45, 2.75) is 110 Å². The molecule has 5 aromatic carbocycles. The number of carbonyl (C=O) groups is 5. The van der Waals surface area contributed by atoms with Crippen molar-refractivity contribution in [3.8, 4) is 0 Å². The summed E-state index contributed by atoms with van der Waals surface area (Å²) in [6.45, 7) is 10.7. The van der Waals surface area contributed by atoms with Crippen LogP contribution in [0, 0.1) is 5.41 Å². The van der Waals surface area contributed by atoms with E-state index in [-0.39, 0.29) is 47.0 Å². The highest BCUT2D eigenvalue weighted by Crippen LogP contribution is 2.44. The predicted molar refractivity (Wildman–Crippen MR) is 322 cm³/mol. The van der Waals surface area contributed by atoms with Crippen molar-refractivity contribution < 1.29 is 54.0 Å². The van der Waals surface area contributed by atoms with Gasteiger partial charge in [-0.3, -0.25) is 48.9 Å². The van der Waals surface area contributed by atoms with Crippen LogP contribution in [-0.4, -0.2) is 154 Å². The van der Waals surface area contributed by atoms with Gasteiger partial charge in [-0.2, -0.15) is 13.2 Å². The molecule has 454 valence electrons. The van der Waals surface area contributed by atoms with Crippen LogP contribution in [0.25, 0.3) is 5.57 Å². The lowest BCUT2D eigenvalue weighted by Crippen LogP contribution is -2.54. The molecule has 5 aromatic rings. The van der Waals surface area contributed by atoms with Crippen LogP contribution in [0.4, 0.5) is 24.5 Å². The van der Waals surface area contributed by atoms with Crippen molar-refractivity contribution in [2.24, 2.45) is 5.41 Å². The lowest BCUT2D eigenvalue weighted by atomic mass is 9.73. The van der Waals surface area contributed by atoms with Gasteiger partial charge < -0.3 is 10.2 Å². The second-order valence-electron chi connectivity index (χ2n) is 23.8. The summed E-state index contributed by atoms with van der Waals surface area (Å²) >= 11 is 7.63. The summed E-state index contributed by atoms with van der Waals surface area (Å²) in [5.74, 6) is -3.09. The number of piperazine rings is 2. The van der Waals surface area contributed by atoms with Crippen LogP contribution in [0.15, 0.2) is 136 Å². The number of hydrogen-bond acceptors (Lipinski definition) is 15. The number of thioether (sulfide) groups is 1. The fourth-order valence-corrected chi connectivity index (χ4v) is 15.9. The molecule has 0 radical (unpaired) electrons. The number of sulfone groups is 1. The molecule has 2 bridgehead atoms. The average Bonchev–Trinajstić information content (AvgIpc) is 1.54. The topological polar surface area (TPSA) is 206 Å². The molecule has 4 fully saturated rings. The predicted octanol–water partition coefficient (Wildman–Crippen LogP) is 8.86. The van der Waals surface area contributed by atoms with Gasteiger partial charge in [-0.15, -0.1) is 11.8 Å². The molecule has 24 heteroatoms. The Morgan fingerprint density at radius 1 is 0.802 bits per heavy atom. The molecule has 4 atom stereocenters. The van der Waals surface area contributed by atoms with Gasteiger partial charge in [0.05, 0.1) is 21.7 Å². The van der Waals surface area contributed by atoms with Crippen LogP contribution in [0.2, 0.25) is 5.02 Å². The van der Waals surface area contributed by atoms with E-state index in [0.29, 0.717) is 62.5 Å². The minimum absolute atomic E-state index is 0.0109. The molecule has 0 spiro atoms. The molecule has 0 aromatic heterocycles. The van der Waals surface area contributed by atoms with E-state index in [0.717, 1.165) is 78.5 Å². The van der Waals surface area contributed by atoms with Crippen molar-refractivity contribution in [1.82, 2.24) is 29.6 Å². The van der Waals surface area contributed by atoms with Crippen molar-refractivity contribution in [1.29, 1.82) is 0 Å². The molecule has 5 amide bonds. The number of nitrogens with zero attached hydrogens (tertiary/aromatic N) is 5. The lowest BCUT2D eigenvalue weighted by molar-refractivity contribution is -0.136. The maximum Gasteiger partial charge on any atom is 0.501 e. The van der Waals surface area contributed by atoms with Gasteiger partial charge in [0.2, 0.25) is 11.8 Å². The number of benzene rings is 5. The zero-order chi connectivity index (χ0) is 60.9. The highest BCUT2D eigenvalue weighted by atomic mass is 35.5. The number of alkyl halides is 3. The number of anilines is 2. The van der Waals surface area contributed by atoms with Crippen molar-refractivity contribution in [2.75, 3.05) is 68.3 Å². The number of likely N-dealkylation sites (tertiary alicyclic amines) is 2. The highest BCUT2D eigenvalue weighted by Gasteiger charge is 2.49. The Morgan fingerprint density at radius 2 is 1.50 bits per heavy atom. The first-order valence-corrected chi connectivity index (χ1v) is 33.1. The minimum atomic E-state index is -6.16. The van der Waals surface area contributed by atoms with Crippen LogP contribution in [0.1, 0.15) is 101 Å². The second kappa shape index (κ2) is 24.5. The fraction of sp³-hybridized carbons (Fsp3) is 0.403. The third kappa shape index (κ3) is 13.1. The minimum Gasteiger partial charge on any atom is -0.380 e. The van der Waals surface area contributed by atoms with E-state index in [9.17, 15) is 54.0 Å². The molecule has 17 nitrogen and oxygen atoms in total. The van der Waals surface area contributed by atoms with Crippen LogP contribution in [0.5, 0.6) is 0 Å². The highest BCUT2D eigenvalue weighted by molar-refractivity contribution is 7.99. The molecular weight excluding hydrogens is 1190 g/mol. The van der Waals surface area contributed by atoms with E-state index in [2.05, 4.69) is 56.2 Å². The summed E-state index contributed by atoms with van der Waals surface area (Å²) in [4.78, 5) is 73.5. The largest absolute Gasteiger partial charge is 0.501 e. The second-order valence-corrected chi connectivity index (χ2v) is 29.0. The van der Waals surface area contributed by atoms with Crippen molar-refractivity contribution in [3.63, 3.8) is 0 Å². The number of halogens is 4. The Morgan fingerprint density at radius 3 is 2.19 bits per heavy atom. The summed E-state index contributed by atoms with van der Waals surface area (Å²) in [7, 11) is -11.1. The van der Waals surface area contributed by atoms with Gasteiger partial charge in [-0.05, 0) is 140 Å². The SMILES string of the molecule is CC1(C)CCC(c2ccc(Cl)cc2)=C(CN2CCN(c3ccc(C(=O)NS(=O)(=O)c4ccc(N[C@H](CCN5C[C@H]6C[C@@H]5CN6Cc5ccc6c(c5)C(=O)N(C5CCC(=O)NC5=O)C6=O)CSc5ccccc5)c(S(=O)(=O)C(F)(F)F)c4)cc3)CC2)C1. The zero-order valence-corrected chi connectivity index (χ0v) is 50.7. The van der Waals surface area contributed by atoms with Crippen LogP contribution in [-0.2, 0) is 36.0 Å². The van der Waals surface area contributed by atoms with Gasteiger partial charge in [0.15, 0.2) is 0 Å². The van der Waals surface area contributed by atoms with E-state index in [1.165, 1.54) is 40.6 Å². The Labute approximate surface area is 507 Å². The third-order valence-electron chi connectivity index (χ3n) is 17.4. The quantitative estimate of drug-likeness (QED) is 0.0522. The maximum absolute atomic E-state index is 14.6. The first-order chi connectivity index (χ1) is 40.9. The molecule has 0 saturated carbocycles. The molecule has 5 heterocycles. The van der Waals surface area contributed by atoms with E-state index < -0.39 is 82.5 Å². The van der Waals surface area contributed by atoms with Crippen molar-refractivity contribution in [3.05, 3.63) is 154 Å². The standard InChI is InChI=1S/C62H66ClF3N8O9S3/c1-61(2)24-22-50(40-9-13-43(63)14-10-40)42(33-61)35-70-26-28-71(29-27-70)45-15-11-41(12-16-45)57(76)69-86(82,83)49-17-19-53(55(32-49)85(80,81)62(64,65)66)67-44(38-84-48-6-4-3-5-7-48)23-25-72-36-47-31-46(72)37-73(47)34-39-8-18-51-52(30-39)60(79)74(59(51)78)54-20-21-56(75)68-58(54)77/h3-19,30,32,44,46-47,54,67H,20-29,31,33-38H2,1-2H3,(H,69,76)(H,68,75,77)/t44-,46-,47-,54?/m1/s1. The lowest BCUT2D eigenvalue weighted by Gasteiger charge is -2.39. The van der Waals surface area contributed by atoms with Crippen molar-refractivity contribution >= 4 is 89.7 Å². The summed E-state index contributed by atoms with van der Waals surface area (Å²) in [5, 5.41) is 5.95. The Hall–Kier alpha value is -6.60. The number of allylic oxidation sites excluding steroid dienone is 1. The van der Waals surface area contributed by atoms with Crippen LogP contribution < -0.4 is 20.3 Å². The van der Waals surface area contributed by atoms with E-state index in [4.69, 9.17) is 11.6 Å². The summed E-state index contributed by atoms with van der Waals surface area (Å²) < 4.78 is 100. The molecular formula is C62H66ClF3N8O9S3. The van der Waals surface area contributed by atoms with Gasteiger partial charge in [0.1, 0.15) is 10.9 Å². The first-order valence-electron chi connectivity index (χ1n) is 28.7. The Kier molecular flexibility index (Phi) is 17.4. The maximum atomic E-state index is 14.6. The number of piperidine rings is 1. The number of rotatable bonds is 19. The summed E-state index contributed by atoms with van der Waals surface area (Å²) in [6.07, 6.45) is 4.33. The van der Waals surface area contributed by atoms with Gasteiger partial charge in [0.25, 0.3) is 37.6 Å². The third-order valence-corrected chi connectivity index (χ3v) is 21.7. The number of carbonyl (C=O) groups excluding carboxylic acids is 5. The monoisotopic (exact) mass is 1250 g/mol. The van der Waals surface area contributed by atoms with Crippen LogP contribution >= 0.6 is 23.4 Å². The molecule has 6 aliphatic rings. The van der Waals surface area contributed by atoms with E-state index in [1.807, 2.05) is 47.2 Å². The molecule has 86 heavy (non-hydrogen) atoms. The molecule has 1 unspecified atom stereocenters. The Balaban J connectivity index is 0.729. The number of imide groups is 2. The smallest absolute Gasteiger partial charge is 0.380 e. The molecule has 5 aliphatic heterocycles. The van der Waals surface area contributed by atoms with Gasteiger partial charge in [-0.1, -0.05) is 67.4 Å². The van der Waals surface area contributed by atoms with E-state index in [1.54, 1.807) is 30.3 Å². The first kappa shape index (κ1) is 61.1. The van der Waals surface area contributed by atoms with E-state index >= 15 is 0 Å². The van der Waals surface area contributed by atoms with Gasteiger partial charge in [-0.25, -0.2) is 21.6 Å². The number of sulfonamides is 1. The number of nitrogens with one attached hydrogen (secondary N) is 3. The molecule has 4 saturated heterocycles. The average molecular weight is 1260 g/mol. The molecule has 11 rings (SSSR count). The zero-order valence-electron chi connectivity index (χ0n) is 47.4. The summed E-state index contributed by atoms with van der Waals surface area (Å²) in [5.41, 5.74) is -0.0921. The van der Waals surface area contributed by atoms with Gasteiger partial charge in [0, 0.05) is 110 Å². The van der Waals surface area contributed by atoms with Crippen LogP contribution in [0.3, 0.4) is 0 Å². The number of amides is 5. The van der Waals surface area contributed by atoms with Gasteiger partial charge >= 0.3 is 5.51 Å². The fourth-order valence-electron chi connectivity index (χ4n) is 12.8. The normalized spacial score (nSPS) is 21.7. The molecule has 1 aliphatic carbocycles. The number of fused-ring (bicyclic) bond motifs is 3. The Bertz CT molecular complexity index is 3740. The number of hydrogen-bond donors (Lipinski definition) is 3. The summed E-state index contributed by atoms with van der Waals surface area (Å²) in [6, 6.07) is 29.6. The molecule has 3 N–H and O–H groups in total.